The Morgan fingerprint density at radius 2 is 1.85 bits per heavy atom. The van der Waals surface area contributed by atoms with Crippen LogP contribution in [0.5, 0.6) is 5.75 Å². The molecule has 1 atom stereocenters. The Labute approximate surface area is 154 Å². The summed E-state index contributed by atoms with van der Waals surface area (Å²) in [5, 5.41) is 0. The van der Waals surface area contributed by atoms with E-state index in [1.165, 1.54) is 5.69 Å². The van der Waals surface area contributed by atoms with Gasteiger partial charge in [-0.1, -0.05) is 36.4 Å². The third-order valence-corrected chi connectivity index (χ3v) is 5.05. The number of morpholine rings is 1. The molecule has 0 aliphatic carbocycles. The van der Waals surface area contributed by atoms with Crippen molar-refractivity contribution in [3.05, 3.63) is 59.7 Å². The van der Waals surface area contributed by atoms with Crippen molar-refractivity contribution >= 4 is 11.6 Å². The number of likely N-dealkylation sites (N-methyl/N-ethyl adjacent to an activating group) is 1. The summed E-state index contributed by atoms with van der Waals surface area (Å²) in [5.41, 5.74) is 3.44. The van der Waals surface area contributed by atoms with E-state index in [2.05, 4.69) is 17.0 Å². The molecule has 0 saturated carbocycles. The summed E-state index contributed by atoms with van der Waals surface area (Å²) in [5.74, 6) is 0.853. The Morgan fingerprint density at radius 1 is 1.12 bits per heavy atom. The van der Waals surface area contributed by atoms with Gasteiger partial charge in [0.1, 0.15) is 5.75 Å². The van der Waals surface area contributed by atoms with E-state index in [0.29, 0.717) is 13.0 Å². The highest BCUT2D eigenvalue weighted by Crippen LogP contribution is 2.29. The maximum atomic E-state index is 12.9. The van der Waals surface area contributed by atoms with Crippen LogP contribution in [0.2, 0.25) is 0 Å². The first-order chi connectivity index (χ1) is 12.7. The predicted octanol–water partition coefficient (Wildman–Crippen LogP) is 2.49. The second kappa shape index (κ2) is 7.38. The Bertz CT molecular complexity index is 761. The van der Waals surface area contributed by atoms with Crippen LogP contribution in [-0.4, -0.2) is 50.3 Å². The van der Waals surface area contributed by atoms with Crippen LogP contribution >= 0.6 is 0 Å². The van der Waals surface area contributed by atoms with Gasteiger partial charge in [0.15, 0.2) is 6.10 Å². The molecule has 5 heteroatoms. The fourth-order valence-electron chi connectivity index (χ4n) is 3.66. The molecule has 0 unspecified atom stereocenters. The average molecular weight is 352 g/mol. The Balaban J connectivity index is 1.45. The lowest BCUT2D eigenvalue weighted by molar-refractivity contribution is -0.137. The van der Waals surface area contributed by atoms with E-state index in [1.807, 2.05) is 43.4 Å². The van der Waals surface area contributed by atoms with E-state index in [9.17, 15) is 4.79 Å². The van der Waals surface area contributed by atoms with Crippen molar-refractivity contribution in [1.82, 2.24) is 4.90 Å². The van der Waals surface area contributed by atoms with Crippen LogP contribution in [0.15, 0.2) is 48.5 Å². The van der Waals surface area contributed by atoms with Gasteiger partial charge in [0, 0.05) is 38.8 Å². The number of para-hydroxylation sites is 2. The molecule has 0 spiro atoms. The number of fused-ring (bicyclic) bond motifs is 1. The van der Waals surface area contributed by atoms with Crippen LogP contribution in [0.4, 0.5) is 5.69 Å². The first kappa shape index (κ1) is 16.9. The largest absolute Gasteiger partial charge is 0.480 e. The van der Waals surface area contributed by atoms with Gasteiger partial charge >= 0.3 is 0 Å². The minimum atomic E-state index is -0.423. The van der Waals surface area contributed by atoms with Crippen molar-refractivity contribution in [1.29, 1.82) is 0 Å². The van der Waals surface area contributed by atoms with Crippen LogP contribution < -0.4 is 9.64 Å². The molecule has 2 heterocycles. The standard InChI is InChI=1S/C21H24N2O3/c1-22(21(24)20-14-16-6-3-5-9-19(16)26-20)15-17-7-2-4-8-18(17)23-10-12-25-13-11-23/h2-9,20H,10-15H2,1H3/t20-/m1/s1. The number of hydrogen-bond acceptors (Lipinski definition) is 4. The highest BCUT2D eigenvalue weighted by molar-refractivity contribution is 5.82. The highest BCUT2D eigenvalue weighted by atomic mass is 16.5. The molecule has 0 bridgehead atoms. The van der Waals surface area contributed by atoms with Crippen LogP contribution in [0, 0.1) is 0 Å². The summed E-state index contributed by atoms with van der Waals surface area (Å²) in [4.78, 5) is 17.0. The average Bonchev–Trinajstić information content (AvgIpc) is 3.12. The van der Waals surface area contributed by atoms with E-state index >= 15 is 0 Å². The number of benzene rings is 2. The molecule has 136 valence electrons. The minimum absolute atomic E-state index is 0.0259. The van der Waals surface area contributed by atoms with E-state index in [4.69, 9.17) is 9.47 Å². The van der Waals surface area contributed by atoms with Gasteiger partial charge in [0.05, 0.1) is 13.2 Å². The summed E-state index contributed by atoms with van der Waals surface area (Å²) < 4.78 is 11.3. The van der Waals surface area contributed by atoms with Crippen molar-refractivity contribution in [3.8, 4) is 5.75 Å². The summed E-state index contributed by atoms with van der Waals surface area (Å²) in [6.45, 7) is 3.84. The number of carbonyl (C=O) groups excluding carboxylic acids is 1. The Hall–Kier alpha value is -2.53. The Kier molecular flexibility index (Phi) is 4.80. The summed E-state index contributed by atoms with van der Waals surface area (Å²) >= 11 is 0. The molecular formula is C21H24N2O3. The lowest BCUT2D eigenvalue weighted by atomic mass is 10.1. The third kappa shape index (κ3) is 3.40. The number of rotatable bonds is 4. The smallest absolute Gasteiger partial charge is 0.264 e. The highest BCUT2D eigenvalue weighted by Gasteiger charge is 2.31. The first-order valence-electron chi connectivity index (χ1n) is 9.12. The van der Waals surface area contributed by atoms with E-state index in [-0.39, 0.29) is 5.91 Å². The van der Waals surface area contributed by atoms with Gasteiger partial charge < -0.3 is 19.3 Å². The second-order valence-corrected chi connectivity index (χ2v) is 6.84. The molecule has 26 heavy (non-hydrogen) atoms. The predicted molar refractivity (Wildman–Crippen MR) is 101 cm³/mol. The van der Waals surface area contributed by atoms with Gasteiger partial charge in [-0.15, -0.1) is 0 Å². The van der Waals surface area contributed by atoms with Gasteiger partial charge in [-0.3, -0.25) is 4.79 Å². The van der Waals surface area contributed by atoms with Gasteiger partial charge in [-0.25, -0.2) is 0 Å². The van der Waals surface area contributed by atoms with Crippen molar-refractivity contribution in [2.24, 2.45) is 0 Å². The van der Waals surface area contributed by atoms with E-state index < -0.39 is 6.10 Å². The number of carbonyl (C=O) groups is 1. The molecule has 1 saturated heterocycles. The van der Waals surface area contributed by atoms with Crippen LogP contribution in [0.25, 0.3) is 0 Å². The SMILES string of the molecule is CN(Cc1ccccc1N1CCOCC1)C(=O)[C@H]1Cc2ccccc2O1. The molecule has 1 amide bonds. The van der Waals surface area contributed by atoms with Crippen LogP contribution in [0.3, 0.4) is 0 Å². The van der Waals surface area contributed by atoms with Crippen molar-refractivity contribution < 1.29 is 14.3 Å². The van der Waals surface area contributed by atoms with E-state index in [1.54, 1.807) is 4.90 Å². The molecule has 2 aromatic rings. The lowest BCUT2D eigenvalue weighted by Gasteiger charge is -2.31. The van der Waals surface area contributed by atoms with Crippen LogP contribution in [0.1, 0.15) is 11.1 Å². The summed E-state index contributed by atoms with van der Waals surface area (Å²) in [6.07, 6.45) is 0.220. The zero-order valence-electron chi connectivity index (χ0n) is 15.1. The normalized spacial score (nSPS) is 19.0. The number of anilines is 1. The third-order valence-electron chi connectivity index (χ3n) is 5.05. The maximum Gasteiger partial charge on any atom is 0.264 e. The van der Waals surface area contributed by atoms with Crippen molar-refractivity contribution in [3.63, 3.8) is 0 Å². The molecular weight excluding hydrogens is 328 g/mol. The van der Waals surface area contributed by atoms with Crippen LogP contribution in [-0.2, 0) is 22.5 Å². The zero-order chi connectivity index (χ0) is 17.9. The maximum absolute atomic E-state index is 12.9. The summed E-state index contributed by atoms with van der Waals surface area (Å²) in [7, 11) is 1.85. The molecule has 0 N–H and O–H groups in total. The first-order valence-corrected chi connectivity index (χ1v) is 9.12. The van der Waals surface area contributed by atoms with E-state index in [0.717, 1.165) is 43.2 Å². The van der Waals surface area contributed by atoms with Crippen molar-refractivity contribution in [2.75, 3.05) is 38.3 Å². The van der Waals surface area contributed by atoms with Crippen molar-refractivity contribution in [2.45, 2.75) is 19.1 Å². The van der Waals surface area contributed by atoms with Gasteiger partial charge in [-0.05, 0) is 23.3 Å². The molecule has 0 aromatic heterocycles. The molecule has 4 rings (SSSR count). The monoisotopic (exact) mass is 352 g/mol. The number of amides is 1. The quantitative estimate of drug-likeness (QED) is 0.848. The zero-order valence-corrected chi connectivity index (χ0v) is 15.1. The number of ether oxygens (including phenoxy) is 2. The number of hydrogen-bond donors (Lipinski definition) is 0. The molecule has 2 aliphatic rings. The molecule has 1 fully saturated rings. The number of nitrogens with zero attached hydrogens (tertiary/aromatic N) is 2. The Morgan fingerprint density at radius 3 is 2.65 bits per heavy atom. The summed E-state index contributed by atoms with van der Waals surface area (Å²) in [6, 6.07) is 16.2. The fraction of sp³-hybridized carbons (Fsp3) is 0.381. The lowest BCUT2D eigenvalue weighted by Crippen LogP contribution is -2.40. The minimum Gasteiger partial charge on any atom is -0.480 e. The van der Waals surface area contributed by atoms with Gasteiger partial charge in [0.25, 0.3) is 5.91 Å². The van der Waals surface area contributed by atoms with Gasteiger partial charge in [-0.2, -0.15) is 0 Å². The fourth-order valence-corrected chi connectivity index (χ4v) is 3.66. The molecule has 2 aliphatic heterocycles. The second-order valence-electron chi connectivity index (χ2n) is 6.84. The topological polar surface area (TPSA) is 42.0 Å². The molecule has 2 aromatic carbocycles. The molecule has 0 radical (unpaired) electrons. The van der Waals surface area contributed by atoms with Gasteiger partial charge in [0.2, 0.25) is 0 Å². The molecule has 5 nitrogen and oxygen atoms in total.